The molecule has 1 N–H and O–H groups in total. The number of thioether (sulfide) groups is 1. The Morgan fingerprint density at radius 1 is 0.978 bits per heavy atom. The van der Waals surface area contributed by atoms with Crippen molar-refractivity contribution >= 4 is 56.5 Å². The van der Waals surface area contributed by atoms with Crippen LogP contribution in [0.5, 0.6) is 5.75 Å². The Labute approximate surface area is 278 Å². The zero-order chi connectivity index (χ0) is 32.1. The zero-order valence-corrected chi connectivity index (χ0v) is 27.4. The number of halogens is 4. The summed E-state index contributed by atoms with van der Waals surface area (Å²) >= 11 is 6.34. The van der Waals surface area contributed by atoms with Crippen LogP contribution in [0.1, 0.15) is 39.5 Å². The molecule has 3 fully saturated rings. The van der Waals surface area contributed by atoms with Crippen molar-refractivity contribution in [3.63, 3.8) is 0 Å². The number of anilines is 1. The number of rotatable bonds is 5. The van der Waals surface area contributed by atoms with E-state index >= 15 is 0 Å². The second kappa shape index (κ2) is 10.8. The van der Waals surface area contributed by atoms with Gasteiger partial charge in [0, 0.05) is 26.1 Å². The number of aromatic nitrogens is 1. The van der Waals surface area contributed by atoms with Crippen LogP contribution in [0.25, 0.3) is 0 Å². The standard InChI is InChI=1S/C34H26BrF3N2O4S2/c1-15-5-7-16(8-6-15)14-44-23-10-9-18(35)12-20(23)24-25-21-13-22(28(25)45-30-29(24)46-33(43)39-30)27-26(21)31(41)40(32(27)42)19-4-2-3-17(11-19)34(36,37)38/h2-12,21-22,24-28H,13-14H2,1H3,(H,39,43)/t21-,22-,24+,25+,26+,27+,28-/m1/s1. The Bertz CT molecular complexity index is 1960. The van der Waals surface area contributed by atoms with Crippen LogP contribution in [0.2, 0.25) is 0 Å². The lowest BCUT2D eigenvalue weighted by Crippen LogP contribution is -2.42. The normalized spacial score (nSPS) is 27.9. The van der Waals surface area contributed by atoms with Crippen molar-refractivity contribution in [1.82, 2.24) is 4.98 Å². The van der Waals surface area contributed by atoms with Crippen molar-refractivity contribution in [2.75, 3.05) is 4.90 Å². The minimum atomic E-state index is -4.60. The number of carbonyl (C=O) groups excluding carboxylic acids is 2. The first-order chi connectivity index (χ1) is 22.0. The van der Waals surface area contributed by atoms with Gasteiger partial charge in [-0.15, -0.1) is 11.8 Å². The van der Waals surface area contributed by atoms with Crippen LogP contribution in [0.4, 0.5) is 18.9 Å². The lowest BCUT2D eigenvalue weighted by molar-refractivity contribution is -0.137. The van der Waals surface area contributed by atoms with Gasteiger partial charge in [-0.05, 0) is 73.1 Å². The number of hydrogen-bond donors (Lipinski definition) is 1. The average Bonchev–Trinajstić information content (AvgIpc) is 3.75. The van der Waals surface area contributed by atoms with Crippen LogP contribution in [0.3, 0.4) is 0 Å². The van der Waals surface area contributed by atoms with Crippen LogP contribution in [0, 0.1) is 36.5 Å². The van der Waals surface area contributed by atoms with Crippen molar-refractivity contribution < 1.29 is 27.5 Å². The van der Waals surface area contributed by atoms with Gasteiger partial charge in [-0.2, -0.15) is 13.2 Å². The number of hydrogen-bond acceptors (Lipinski definition) is 6. The molecule has 2 saturated carbocycles. The van der Waals surface area contributed by atoms with Gasteiger partial charge < -0.3 is 9.72 Å². The Balaban J connectivity index is 1.18. The van der Waals surface area contributed by atoms with Crippen molar-refractivity contribution in [2.45, 2.75) is 42.3 Å². The molecule has 4 aliphatic rings. The predicted molar refractivity (Wildman–Crippen MR) is 172 cm³/mol. The number of alkyl halides is 3. The highest BCUT2D eigenvalue weighted by Crippen LogP contribution is 2.69. The molecule has 2 aliphatic heterocycles. The van der Waals surface area contributed by atoms with E-state index < -0.39 is 35.4 Å². The first-order valence-corrected chi connectivity index (χ1v) is 17.4. The van der Waals surface area contributed by atoms with E-state index in [0.29, 0.717) is 18.8 Å². The number of nitrogens with zero attached hydrogens (tertiary/aromatic N) is 1. The molecule has 46 heavy (non-hydrogen) atoms. The number of H-pyrrole nitrogens is 1. The fourth-order valence-electron chi connectivity index (χ4n) is 8.18. The van der Waals surface area contributed by atoms with Crippen LogP contribution in [-0.4, -0.2) is 22.0 Å². The maximum absolute atomic E-state index is 14.1. The molecule has 12 heteroatoms. The second-order valence-electron chi connectivity index (χ2n) is 12.5. The van der Waals surface area contributed by atoms with Gasteiger partial charge >= 0.3 is 11.0 Å². The van der Waals surface area contributed by atoms with E-state index in [-0.39, 0.29) is 39.5 Å². The number of nitrogens with one attached hydrogen (secondary N) is 1. The summed E-state index contributed by atoms with van der Waals surface area (Å²) in [6, 6.07) is 18.4. The maximum Gasteiger partial charge on any atom is 0.416 e. The summed E-state index contributed by atoms with van der Waals surface area (Å²) in [4.78, 5) is 45.4. The summed E-state index contributed by atoms with van der Waals surface area (Å²) in [5.74, 6) is -2.20. The highest BCUT2D eigenvalue weighted by Gasteiger charge is 2.70. The number of amides is 2. The Hall–Kier alpha value is -3.35. The number of aromatic amines is 1. The van der Waals surface area contributed by atoms with Gasteiger partial charge in [0.2, 0.25) is 11.8 Å². The van der Waals surface area contributed by atoms with E-state index in [0.717, 1.165) is 59.4 Å². The first kappa shape index (κ1) is 30.0. The SMILES string of the molecule is Cc1ccc(COc2ccc(Br)cc2[C@@H]2c3sc(=O)[nH]c3S[C@@H]3[C@@H]4C[C@@H]([C@@H]5C(=O)N(c6cccc(C(F)(F)F)c6)C(=O)[C@@H]45)[C@@H]23)cc1. The summed E-state index contributed by atoms with van der Waals surface area (Å²) in [5.41, 5.74) is 2.10. The van der Waals surface area contributed by atoms with Gasteiger partial charge in [0.05, 0.1) is 28.1 Å². The predicted octanol–water partition coefficient (Wildman–Crippen LogP) is 7.78. The largest absolute Gasteiger partial charge is 0.489 e. The highest BCUT2D eigenvalue weighted by molar-refractivity contribution is 9.10. The van der Waals surface area contributed by atoms with Gasteiger partial charge in [-0.3, -0.25) is 19.3 Å². The number of aryl methyl sites for hydroxylation is 1. The third-order valence-electron chi connectivity index (χ3n) is 9.98. The van der Waals surface area contributed by atoms with E-state index in [1.165, 1.54) is 12.1 Å². The number of carbonyl (C=O) groups is 2. The van der Waals surface area contributed by atoms with Gasteiger partial charge in [0.1, 0.15) is 12.4 Å². The summed E-state index contributed by atoms with van der Waals surface area (Å²) in [7, 11) is 0. The lowest BCUT2D eigenvalue weighted by atomic mass is 9.68. The molecule has 3 aromatic carbocycles. The Morgan fingerprint density at radius 2 is 1.72 bits per heavy atom. The van der Waals surface area contributed by atoms with Crippen LogP contribution in [0.15, 0.2) is 81.0 Å². The molecule has 3 heterocycles. The lowest BCUT2D eigenvalue weighted by Gasteiger charge is -2.43. The number of fused-ring (bicyclic) bond motifs is 9. The number of benzene rings is 3. The molecule has 0 spiro atoms. The Morgan fingerprint density at radius 3 is 2.46 bits per heavy atom. The summed E-state index contributed by atoms with van der Waals surface area (Å²) in [5, 5.41) is 0.692. The molecule has 6 nitrogen and oxygen atoms in total. The fraction of sp³-hybridized carbons (Fsp3) is 0.324. The van der Waals surface area contributed by atoms with E-state index in [9.17, 15) is 27.6 Å². The van der Waals surface area contributed by atoms with Crippen LogP contribution in [-0.2, 0) is 22.4 Å². The molecular weight excluding hydrogens is 701 g/mol. The molecule has 236 valence electrons. The molecule has 4 aromatic rings. The quantitative estimate of drug-likeness (QED) is 0.213. The fourth-order valence-corrected chi connectivity index (χ4v) is 11.4. The molecule has 0 radical (unpaired) electrons. The number of thiazole rings is 1. The molecule has 2 bridgehead atoms. The maximum atomic E-state index is 14.1. The van der Waals surface area contributed by atoms with Gasteiger partial charge in [-0.1, -0.05) is 63.2 Å². The van der Waals surface area contributed by atoms with Crippen molar-refractivity contribution in [1.29, 1.82) is 0 Å². The van der Waals surface area contributed by atoms with Gasteiger partial charge in [0.15, 0.2) is 0 Å². The van der Waals surface area contributed by atoms with Crippen molar-refractivity contribution in [2.24, 2.45) is 29.6 Å². The molecule has 2 amide bonds. The van der Waals surface area contributed by atoms with E-state index in [4.69, 9.17) is 4.74 Å². The van der Waals surface area contributed by atoms with E-state index in [1.807, 2.05) is 49.4 Å². The molecule has 7 atom stereocenters. The third-order valence-corrected chi connectivity index (χ3v) is 13.1. The van der Waals surface area contributed by atoms with Crippen LogP contribution >= 0.6 is 39.0 Å². The molecule has 2 aliphatic carbocycles. The van der Waals surface area contributed by atoms with E-state index in [1.54, 1.807) is 11.8 Å². The average molecular weight is 728 g/mol. The number of imide groups is 1. The van der Waals surface area contributed by atoms with Crippen molar-refractivity contribution in [3.8, 4) is 5.75 Å². The summed E-state index contributed by atoms with van der Waals surface area (Å²) in [6.45, 7) is 2.37. The minimum absolute atomic E-state index is 0.0481. The van der Waals surface area contributed by atoms with E-state index in [2.05, 4.69) is 20.9 Å². The molecule has 0 unspecified atom stereocenters. The molecular formula is C34H26BrF3N2O4S2. The smallest absolute Gasteiger partial charge is 0.416 e. The monoisotopic (exact) mass is 726 g/mol. The minimum Gasteiger partial charge on any atom is -0.489 e. The topological polar surface area (TPSA) is 79.5 Å². The second-order valence-corrected chi connectivity index (χ2v) is 15.6. The number of ether oxygens (including phenoxy) is 1. The summed E-state index contributed by atoms with van der Waals surface area (Å²) in [6.07, 6.45) is -3.94. The Kier molecular flexibility index (Phi) is 7.08. The van der Waals surface area contributed by atoms with Crippen LogP contribution < -0.4 is 14.5 Å². The van der Waals surface area contributed by atoms with Crippen molar-refractivity contribution in [3.05, 3.63) is 108 Å². The molecule has 1 aromatic heterocycles. The molecule has 1 saturated heterocycles. The zero-order valence-electron chi connectivity index (χ0n) is 24.2. The first-order valence-electron chi connectivity index (χ1n) is 14.9. The molecule has 8 rings (SSSR count). The van der Waals surface area contributed by atoms with Gasteiger partial charge in [0.25, 0.3) is 0 Å². The third kappa shape index (κ3) is 4.70. The highest BCUT2D eigenvalue weighted by atomic mass is 79.9. The van der Waals surface area contributed by atoms with Gasteiger partial charge in [-0.25, -0.2) is 0 Å². The summed E-state index contributed by atoms with van der Waals surface area (Å²) < 4.78 is 47.9.